The third-order valence-corrected chi connectivity index (χ3v) is 4.71. The van der Waals surface area contributed by atoms with Crippen LogP contribution in [0.2, 0.25) is 0 Å². The highest BCUT2D eigenvalue weighted by Gasteiger charge is 2.52. The Kier molecular flexibility index (Phi) is 3.28. The molecule has 0 aromatic rings. The van der Waals surface area contributed by atoms with Crippen LogP contribution in [-0.2, 0) is 9.59 Å². The van der Waals surface area contributed by atoms with Crippen molar-refractivity contribution in [2.45, 2.75) is 40.5 Å². The monoisotopic (exact) mass is 237 g/mol. The van der Waals surface area contributed by atoms with Crippen molar-refractivity contribution in [2.24, 2.45) is 35.5 Å². The van der Waals surface area contributed by atoms with Gasteiger partial charge in [0.1, 0.15) is 0 Å². The Labute approximate surface area is 103 Å². The van der Waals surface area contributed by atoms with E-state index in [9.17, 15) is 9.59 Å². The second-order valence-corrected chi connectivity index (χ2v) is 6.30. The molecule has 17 heavy (non-hydrogen) atoms. The van der Waals surface area contributed by atoms with Crippen LogP contribution in [0.25, 0.3) is 0 Å². The first-order chi connectivity index (χ1) is 7.93. The Morgan fingerprint density at radius 1 is 0.882 bits per heavy atom. The summed E-state index contributed by atoms with van der Waals surface area (Å²) in [6.07, 6.45) is 2.17. The van der Waals surface area contributed by atoms with Gasteiger partial charge in [-0.1, -0.05) is 27.7 Å². The van der Waals surface area contributed by atoms with E-state index in [1.54, 1.807) is 0 Å². The summed E-state index contributed by atoms with van der Waals surface area (Å²) in [5.74, 6) is 1.53. The summed E-state index contributed by atoms with van der Waals surface area (Å²) in [5.41, 5.74) is 0. The lowest BCUT2D eigenvalue weighted by molar-refractivity contribution is -0.127. The summed E-state index contributed by atoms with van der Waals surface area (Å²) in [6, 6.07) is 0. The van der Waals surface area contributed by atoms with Gasteiger partial charge in [-0.2, -0.15) is 0 Å². The molecule has 0 spiro atoms. The van der Waals surface area contributed by atoms with Crippen molar-refractivity contribution in [1.29, 1.82) is 0 Å². The van der Waals surface area contributed by atoms with E-state index in [0.717, 1.165) is 12.8 Å². The molecule has 3 heteroatoms. The van der Waals surface area contributed by atoms with Crippen LogP contribution in [-0.4, -0.2) is 11.8 Å². The zero-order chi connectivity index (χ0) is 12.7. The molecule has 0 bridgehead atoms. The molecule has 4 unspecified atom stereocenters. The predicted molar refractivity (Wildman–Crippen MR) is 66.0 cm³/mol. The van der Waals surface area contributed by atoms with Gasteiger partial charge in [-0.25, -0.2) is 0 Å². The average Bonchev–Trinajstić information content (AvgIpc) is 2.54. The molecule has 1 heterocycles. The summed E-state index contributed by atoms with van der Waals surface area (Å²) < 4.78 is 0. The lowest BCUT2D eigenvalue weighted by Gasteiger charge is -2.40. The molecule has 1 aliphatic heterocycles. The Hall–Kier alpha value is -0.860. The highest BCUT2D eigenvalue weighted by Crippen LogP contribution is 2.47. The van der Waals surface area contributed by atoms with Gasteiger partial charge in [0.2, 0.25) is 11.8 Å². The summed E-state index contributed by atoms with van der Waals surface area (Å²) >= 11 is 0. The topological polar surface area (TPSA) is 46.2 Å². The number of hydrogen-bond donors (Lipinski definition) is 1. The first kappa shape index (κ1) is 12.6. The van der Waals surface area contributed by atoms with Gasteiger partial charge >= 0.3 is 0 Å². The van der Waals surface area contributed by atoms with Crippen LogP contribution in [0.4, 0.5) is 0 Å². The molecule has 3 nitrogen and oxygen atoms in total. The molecule has 96 valence electrons. The van der Waals surface area contributed by atoms with E-state index in [4.69, 9.17) is 0 Å². The average molecular weight is 237 g/mol. The van der Waals surface area contributed by atoms with Crippen molar-refractivity contribution < 1.29 is 9.59 Å². The number of fused-ring (bicyclic) bond motifs is 1. The molecule has 0 radical (unpaired) electrons. The van der Waals surface area contributed by atoms with Crippen LogP contribution in [0.5, 0.6) is 0 Å². The summed E-state index contributed by atoms with van der Waals surface area (Å²) in [6.45, 7) is 8.64. The van der Waals surface area contributed by atoms with E-state index < -0.39 is 0 Å². The van der Waals surface area contributed by atoms with Gasteiger partial charge in [0, 0.05) is 0 Å². The first-order valence-corrected chi connectivity index (χ1v) is 6.78. The van der Waals surface area contributed by atoms with Gasteiger partial charge in [0.05, 0.1) is 11.8 Å². The predicted octanol–water partition coefficient (Wildman–Crippen LogP) is 2.21. The molecule has 0 aromatic heterocycles. The number of nitrogens with one attached hydrogen (secondary N) is 1. The fourth-order valence-corrected chi connectivity index (χ4v) is 3.78. The summed E-state index contributed by atoms with van der Waals surface area (Å²) in [4.78, 5) is 23.9. The molecule has 1 aliphatic carbocycles. The van der Waals surface area contributed by atoms with Crippen molar-refractivity contribution in [3.8, 4) is 0 Å². The number of rotatable bonds is 2. The molecule has 4 atom stereocenters. The zero-order valence-electron chi connectivity index (χ0n) is 11.2. The minimum Gasteiger partial charge on any atom is -0.296 e. The van der Waals surface area contributed by atoms with Gasteiger partial charge in [-0.05, 0) is 36.5 Å². The molecular formula is C14H23NO2. The van der Waals surface area contributed by atoms with Crippen LogP contribution in [0, 0.1) is 35.5 Å². The highest BCUT2D eigenvalue weighted by atomic mass is 16.2. The standard InChI is InChI=1S/C14H23NO2/c1-7(2)9-5-6-10(8(3)4)12-11(9)13(16)15-14(12)17/h7-12H,5-6H2,1-4H3,(H,15,16,17). The Balaban J connectivity index is 2.30. The van der Waals surface area contributed by atoms with Crippen molar-refractivity contribution in [2.75, 3.05) is 0 Å². The van der Waals surface area contributed by atoms with Crippen LogP contribution in [0.3, 0.4) is 0 Å². The second kappa shape index (κ2) is 4.43. The fraction of sp³-hybridized carbons (Fsp3) is 0.857. The molecule has 2 rings (SSSR count). The van der Waals surface area contributed by atoms with Gasteiger partial charge in [0.15, 0.2) is 0 Å². The van der Waals surface area contributed by atoms with E-state index in [1.807, 2.05) is 0 Å². The molecule has 0 aromatic carbocycles. The van der Waals surface area contributed by atoms with Crippen LogP contribution in [0.15, 0.2) is 0 Å². The second-order valence-electron chi connectivity index (χ2n) is 6.30. The quantitative estimate of drug-likeness (QED) is 0.748. The van der Waals surface area contributed by atoms with Crippen molar-refractivity contribution in [3.63, 3.8) is 0 Å². The minimum absolute atomic E-state index is 0.0240. The summed E-state index contributed by atoms with van der Waals surface area (Å²) in [5, 5.41) is 2.55. The Morgan fingerprint density at radius 3 is 1.53 bits per heavy atom. The van der Waals surface area contributed by atoms with Crippen molar-refractivity contribution >= 4 is 11.8 Å². The normalized spacial score (nSPS) is 37.5. The zero-order valence-corrected chi connectivity index (χ0v) is 11.2. The van der Waals surface area contributed by atoms with E-state index in [-0.39, 0.29) is 23.7 Å². The smallest absolute Gasteiger partial charge is 0.230 e. The van der Waals surface area contributed by atoms with Crippen LogP contribution < -0.4 is 5.32 Å². The molecule has 1 N–H and O–H groups in total. The molecule has 2 amide bonds. The maximum Gasteiger partial charge on any atom is 0.230 e. The lowest BCUT2D eigenvalue weighted by Crippen LogP contribution is -2.40. The SMILES string of the molecule is CC(C)C1CCC(C(C)C)C2C(=O)NC(=O)C12. The number of carbonyl (C=O) groups is 2. The Morgan fingerprint density at radius 2 is 1.24 bits per heavy atom. The molecule has 2 fully saturated rings. The van der Waals surface area contributed by atoms with E-state index in [2.05, 4.69) is 33.0 Å². The van der Waals surface area contributed by atoms with E-state index >= 15 is 0 Å². The molecule has 2 aliphatic rings. The van der Waals surface area contributed by atoms with Gasteiger partial charge < -0.3 is 0 Å². The van der Waals surface area contributed by atoms with E-state index in [1.165, 1.54) is 0 Å². The van der Waals surface area contributed by atoms with E-state index in [0.29, 0.717) is 23.7 Å². The number of hydrogen-bond acceptors (Lipinski definition) is 2. The molecular weight excluding hydrogens is 214 g/mol. The Bertz CT molecular complexity index is 303. The van der Waals surface area contributed by atoms with Gasteiger partial charge in [-0.15, -0.1) is 0 Å². The maximum absolute atomic E-state index is 12.0. The molecule has 1 saturated heterocycles. The third-order valence-electron chi connectivity index (χ3n) is 4.71. The minimum atomic E-state index is -0.0661. The fourth-order valence-electron chi connectivity index (χ4n) is 3.78. The first-order valence-electron chi connectivity index (χ1n) is 6.78. The van der Waals surface area contributed by atoms with Crippen molar-refractivity contribution in [3.05, 3.63) is 0 Å². The number of imide groups is 1. The summed E-state index contributed by atoms with van der Waals surface area (Å²) in [7, 11) is 0. The molecule has 1 saturated carbocycles. The maximum atomic E-state index is 12.0. The lowest BCUT2D eigenvalue weighted by atomic mass is 9.62. The highest BCUT2D eigenvalue weighted by molar-refractivity contribution is 6.05. The van der Waals surface area contributed by atoms with Crippen LogP contribution >= 0.6 is 0 Å². The third kappa shape index (κ3) is 2.00. The van der Waals surface area contributed by atoms with Gasteiger partial charge in [-0.3, -0.25) is 14.9 Å². The number of carbonyl (C=O) groups excluding carboxylic acids is 2. The van der Waals surface area contributed by atoms with Gasteiger partial charge in [0.25, 0.3) is 0 Å². The van der Waals surface area contributed by atoms with Crippen LogP contribution in [0.1, 0.15) is 40.5 Å². The van der Waals surface area contributed by atoms with Crippen molar-refractivity contribution in [1.82, 2.24) is 5.32 Å². The largest absolute Gasteiger partial charge is 0.296 e. The number of amides is 2.